The highest BCUT2D eigenvalue weighted by Crippen LogP contribution is 2.31. The number of pyridine rings is 1. The molecule has 12 heteroatoms. The van der Waals surface area contributed by atoms with Crippen molar-refractivity contribution in [1.29, 1.82) is 5.26 Å². The lowest BCUT2D eigenvalue weighted by molar-refractivity contribution is -0.141. The van der Waals surface area contributed by atoms with E-state index in [1.54, 1.807) is 29.4 Å². The number of ether oxygens (including phenoxy) is 3. The molecule has 0 N–H and O–H groups in total. The van der Waals surface area contributed by atoms with Gasteiger partial charge in [-0.25, -0.2) is 4.79 Å². The predicted octanol–water partition coefficient (Wildman–Crippen LogP) is 6.57. The number of amides is 2. The van der Waals surface area contributed by atoms with Crippen LogP contribution in [0.2, 0.25) is 0 Å². The third-order valence-corrected chi connectivity index (χ3v) is 9.77. The first-order valence-electron chi connectivity index (χ1n) is 17.0. The van der Waals surface area contributed by atoms with E-state index in [2.05, 4.69) is 27.0 Å². The first-order valence-corrected chi connectivity index (χ1v) is 17.8. The quantitative estimate of drug-likeness (QED) is 0.221. The zero-order chi connectivity index (χ0) is 35.6. The van der Waals surface area contributed by atoms with Gasteiger partial charge in [0, 0.05) is 61.5 Å². The first kappa shape index (κ1) is 37.8. The zero-order valence-electron chi connectivity index (χ0n) is 28.9. The van der Waals surface area contributed by atoms with E-state index in [4.69, 9.17) is 19.5 Å². The van der Waals surface area contributed by atoms with Crippen molar-refractivity contribution in [1.82, 2.24) is 14.8 Å². The van der Waals surface area contributed by atoms with E-state index in [1.807, 2.05) is 37.8 Å². The fourth-order valence-corrected chi connectivity index (χ4v) is 6.84. The number of aromatic nitrogens is 1. The molecular weight excluding hydrogens is 692 g/mol. The lowest BCUT2D eigenvalue weighted by Gasteiger charge is -2.35. The first-order chi connectivity index (χ1) is 23.3. The number of rotatable bonds is 12. The molecule has 0 unspecified atom stereocenters. The Kier molecular flexibility index (Phi) is 13.6. The lowest BCUT2D eigenvalue weighted by Crippen LogP contribution is -2.43. The Bertz CT molecular complexity index is 1530. The molecule has 2 aliphatic heterocycles. The Morgan fingerprint density at radius 2 is 1.80 bits per heavy atom. The summed E-state index contributed by atoms with van der Waals surface area (Å²) >= 11 is 3.40. The number of hydrogen-bond donors (Lipinski definition) is 0. The average molecular weight is 740 g/mol. The number of likely N-dealkylation sites (tertiary alicyclic amines) is 2. The van der Waals surface area contributed by atoms with Crippen LogP contribution >= 0.6 is 15.9 Å². The standard InChI is InChI=1S/C37H47BrN4O7/c1-37(2,3)49-36(46)41-14-11-25(12-15-41)8-10-34(44)42-13-5-6-28(23-42)33(43)18-29(19-35(45)47-4)30-17-31(22-40-21-30)48-24-26-7-9-27(20-39)32(38)16-26/h7,9,16-17,21-22,25,28-29H,5-6,8,10-15,18-19,23-24H2,1-4H3/t28-,29+/m1/s1. The summed E-state index contributed by atoms with van der Waals surface area (Å²) < 4.78 is 17.1. The fourth-order valence-electron chi connectivity index (χ4n) is 6.33. The smallest absolute Gasteiger partial charge is 0.410 e. The van der Waals surface area contributed by atoms with E-state index < -0.39 is 17.5 Å². The third-order valence-electron chi connectivity index (χ3n) is 9.12. The molecule has 0 radical (unpaired) electrons. The Labute approximate surface area is 297 Å². The summed E-state index contributed by atoms with van der Waals surface area (Å²) in [6.07, 6.45) is 7.34. The molecule has 0 spiro atoms. The lowest BCUT2D eigenvalue weighted by atomic mass is 9.84. The van der Waals surface area contributed by atoms with Gasteiger partial charge in [-0.05, 0) is 104 Å². The minimum absolute atomic E-state index is 0.00896. The molecular formula is C37H47BrN4O7. The van der Waals surface area contributed by atoms with Crippen LogP contribution in [-0.4, -0.2) is 77.4 Å². The number of Topliss-reactive ketones (excluding diaryl/α,β-unsaturated/α-hetero) is 1. The van der Waals surface area contributed by atoms with Crippen LogP contribution in [0.25, 0.3) is 0 Å². The Morgan fingerprint density at radius 3 is 2.47 bits per heavy atom. The summed E-state index contributed by atoms with van der Waals surface area (Å²) in [5.74, 6) is -0.275. The second-order valence-corrected chi connectivity index (χ2v) is 14.8. The highest BCUT2D eigenvalue weighted by molar-refractivity contribution is 9.10. The largest absolute Gasteiger partial charge is 0.487 e. The maximum absolute atomic E-state index is 13.7. The van der Waals surface area contributed by atoms with Crippen molar-refractivity contribution in [3.05, 3.63) is 57.8 Å². The molecule has 264 valence electrons. The minimum Gasteiger partial charge on any atom is -0.487 e. The molecule has 2 fully saturated rings. The van der Waals surface area contributed by atoms with Crippen LogP contribution in [0.3, 0.4) is 0 Å². The molecule has 2 saturated heterocycles. The van der Waals surface area contributed by atoms with Crippen molar-refractivity contribution in [2.45, 2.75) is 90.3 Å². The van der Waals surface area contributed by atoms with Crippen LogP contribution in [0, 0.1) is 23.2 Å². The van der Waals surface area contributed by atoms with E-state index in [9.17, 15) is 19.2 Å². The van der Waals surface area contributed by atoms with Crippen molar-refractivity contribution < 1.29 is 33.4 Å². The van der Waals surface area contributed by atoms with Crippen LogP contribution in [0.5, 0.6) is 5.75 Å². The van der Waals surface area contributed by atoms with Gasteiger partial charge in [-0.1, -0.05) is 6.07 Å². The van der Waals surface area contributed by atoms with E-state index in [0.29, 0.717) is 66.3 Å². The molecule has 1 aromatic heterocycles. The molecule has 0 aliphatic carbocycles. The molecule has 2 aliphatic rings. The Morgan fingerprint density at radius 1 is 1.04 bits per heavy atom. The van der Waals surface area contributed by atoms with E-state index in [1.165, 1.54) is 7.11 Å². The van der Waals surface area contributed by atoms with Gasteiger partial charge in [0.15, 0.2) is 0 Å². The van der Waals surface area contributed by atoms with Crippen LogP contribution in [-0.2, 0) is 30.5 Å². The number of carbonyl (C=O) groups excluding carboxylic acids is 4. The van der Waals surface area contributed by atoms with E-state index in [-0.39, 0.29) is 43.2 Å². The van der Waals surface area contributed by atoms with E-state index >= 15 is 0 Å². The summed E-state index contributed by atoms with van der Waals surface area (Å²) in [4.78, 5) is 59.6. The van der Waals surface area contributed by atoms with Crippen LogP contribution in [0.4, 0.5) is 4.79 Å². The van der Waals surface area contributed by atoms with Crippen molar-refractivity contribution in [2.75, 3.05) is 33.3 Å². The van der Waals surface area contributed by atoms with Gasteiger partial charge in [0.1, 0.15) is 29.8 Å². The fraction of sp³-hybridized carbons (Fsp3) is 0.568. The summed E-state index contributed by atoms with van der Waals surface area (Å²) in [7, 11) is 1.32. The van der Waals surface area contributed by atoms with Crippen LogP contribution in [0.1, 0.15) is 94.7 Å². The number of piperidine rings is 2. The maximum Gasteiger partial charge on any atom is 0.410 e. The predicted molar refractivity (Wildman–Crippen MR) is 185 cm³/mol. The monoisotopic (exact) mass is 738 g/mol. The van der Waals surface area contributed by atoms with Gasteiger partial charge in [-0.15, -0.1) is 0 Å². The number of halogens is 1. The molecule has 2 amide bonds. The van der Waals surface area contributed by atoms with Crippen molar-refractivity contribution in [3.63, 3.8) is 0 Å². The van der Waals surface area contributed by atoms with Gasteiger partial charge < -0.3 is 24.0 Å². The van der Waals surface area contributed by atoms with Gasteiger partial charge in [0.2, 0.25) is 5.91 Å². The molecule has 4 rings (SSSR count). The number of carbonyl (C=O) groups is 4. The molecule has 2 aromatic rings. The average Bonchev–Trinajstić information content (AvgIpc) is 3.09. The molecule has 0 saturated carbocycles. The number of methoxy groups -OCH3 is 1. The number of nitrogens with zero attached hydrogens (tertiary/aromatic N) is 4. The number of nitriles is 1. The van der Waals surface area contributed by atoms with Gasteiger partial charge >= 0.3 is 12.1 Å². The normalized spacial score (nSPS) is 17.5. The van der Waals surface area contributed by atoms with Crippen LogP contribution < -0.4 is 4.74 Å². The molecule has 0 bridgehead atoms. The molecule has 3 heterocycles. The second kappa shape index (κ2) is 17.6. The van der Waals surface area contributed by atoms with Gasteiger partial charge in [0.05, 0.1) is 25.3 Å². The number of benzene rings is 1. The second-order valence-electron chi connectivity index (χ2n) is 13.9. The summed E-state index contributed by atoms with van der Waals surface area (Å²) in [5, 5.41) is 9.17. The summed E-state index contributed by atoms with van der Waals surface area (Å²) in [5.41, 5.74) is 1.55. The molecule has 49 heavy (non-hydrogen) atoms. The topological polar surface area (TPSA) is 139 Å². The number of hydrogen-bond acceptors (Lipinski definition) is 9. The maximum atomic E-state index is 13.7. The Hall–Kier alpha value is -3.98. The zero-order valence-corrected chi connectivity index (χ0v) is 30.5. The molecule has 11 nitrogen and oxygen atoms in total. The molecule has 2 atom stereocenters. The van der Waals surface area contributed by atoms with Crippen molar-refractivity contribution >= 4 is 39.7 Å². The van der Waals surface area contributed by atoms with Crippen molar-refractivity contribution in [2.24, 2.45) is 11.8 Å². The number of ketones is 1. The Balaban J connectivity index is 1.30. The third kappa shape index (κ3) is 11.6. The number of esters is 1. The highest BCUT2D eigenvalue weighted by atomic mass is 79.9. The van der Waals surface area contributed by atoms with Gasteiger partial charge in [0.25, 0.3) is 0 Å². The minimum atomic E-state index is -0.527. The summed E-state index contributed by atoms with van der Waals surface area (Å²) in [6, 6.07) is 9.26. The van der Waals surface area contributed by atoms with Crippen molar-refractivity contribution in [3.8, 4) is 11.8 Å². The SMILES string of the molecule is COC(=O)C[C@H](CC(=O)[C@@H]1CCCN(C(=O)CCC2CCN(C(=O)OC(C)(C)C)CC2)C1)c1cncc(OCc2ccc(C#N)c(Br)c2)c1. The van der Waals surface area contributed by atoms with E-state index in [0.717, 1.165) is 31.2 Å². The van der Waals surface area contributed by atoms with Crippen LogP contribution in [0.15, 0.2) is 41.1 Å². The van der Waals surface area contributed by atoms with Gasteiger partial charge in [-0.3, -0.25) is 19.4 Å². The highest BCUT2D eigenvalue weighted by Gasteiger charge is 2.32. The summed E-state index contributed by atoms with van der Waals surface area (Å²) in [6.45, 7) is 8.07. The van der Waals surface area contributed by atoms with Gasteiger partial charge in [-0.2, -0.15) is 5.26 Å². The molecule has 1 aromatic carbocycles.